The quantitative estimate of drug-likeness (QED) is 0.447. The zero-order chi connectivity index (χ0) is 19.7. The highest BCUT2D eigenvalue weighted by Gasteiger charge is 2.31. The Morgan fingerprint density at radius 2 is 1.64 bits per heavy atom. The molecule has 0 fully saturated rings. The number of ether oxygens (including phenoxy) is 1. The van der Waals surface area contributed by atoms with Crippen LogP contribution in [0.1, 0.15) is 11.1 Å². The van der Waals surface area contributed by atoms with E-state index in [0.29, 0.717) is 23.4 Å². The Labute approximate surface area is 160 Å². The van der Waals surface area contributed by atoms with E-state index in [-0.39, 0.29) is 0 Å². The lowest BCUT2D eigenvalue weighted by atomic mass is 10.1. The van der Waals surface area contributed by atoms with Gasteiger partial charge in [0.25, 0.3) is 0 Å². The van der Waals surface area contributed by atoms with Gasteiger partial charge in [-0.25, -0.2) is 4.98 Å². The van der Waals surface area contributed by atoms with Crippen LogP contribution in [0.5, 0.6) is 5.75 Å². The Morgan fingerprint density at radius 1 is 0.929 bits per heavy atom. The van der Waals surface area contributed by atoms with Crippen LogP contribution in [0.4, 0.5) is 13.2 Å². The van der Waals surface area contributed by atoms with Crippen molar-refractivity contribution in [1.29, 1.82) is 0 Å². The molecular formula is C22H17F3N2O. The number of nitrogens with zero attached hydrogens (tertiary/aromatic N) is 2. The number of methoxy groups -OCH3 is 1. The van der Waals surface area contributed by atoms with E-state index in [2.05, 4.69) is 4.98 Å². The van der Waals surface area contributed by atoms with Crippen LogP contribution in [0.15, 0.2) is 72.8 Å². The van der Waals surface area contributed by atoms with E-state index < -0.39 is 11.7 Å². The average Bonchev–Trinajstić information content (AvgIpc) is 3.06. The number of fused-ring (bicyclic) bond motifs is 1. The SMILES string of the molecule is COc1ccc(Cn2c(-c3ccccc3)nc3cc(C(F)(F)F)ccc32)cc1. The second-order valence-corrected chi connectivity index (χ2v) is 6.44. The van der Waals surface area contributed by atoms with Gasteiger partial charge < -0.3 is 9.30 Å². The molecule has 28 heavy (non-hydrogen) atoms. The molecule has 0 saturated carbocycles. The summed E-state index contributed by atoms with van der Waals surface area (Å²) in [5, 5.41) is 0. The average molecular weight is 382 g/mol. The second-order valence-electron chi connectivity index (χ2n) is 6.44. The number of alkyl halides is 3. The Kier molecular flexibility index (Phi) is 4.55. The molecule has 142 valence electrons. The fraction of sp³-hybridized carbons (Fsp3) is 0.136. The maximum atomic E-state index is 13.1. The fourth-order valence-corrected chi connectivity index (χ4v) is 3.19. The number of rotatable bonds is 4. The van der Waals surface area contributed by atoms with Crippen molar-refractivity contribution in [1.82, 2.24) is 9.55 Å². The molecule has 0 aliphatic rings. The molecular weight excluding hydrogens is 365 g/mol. The van der Waals surface area contributed by atoms with Crippen LogP contribution < -0.4 is 4.74 Å². The molecule has 1 aromatic heterocycles. The predicted molar refractivity (Wildman–Crippen MR) is 102 cm³/mol. The number of halogens is 3. The van der Waals surface area contributed by atoms with E-state index in [0.717, 1.165) is 29.0 Å². The fourth-order valence-electron chi connectivity index (χ4n) is 3.19. The van der Waals surface area contributed by atoms with E-state index in [1.165, 1.54) is 6.07 Å². The van der Waals surface area contributed by atoms with E-state index in [9.17, 15) is 13.2 Å². The van der Waals surface area contributed by atoms with Gasteiger partial charge in [-0.2, -0.15) is 13.2 Å². The zero-order valence-electron chi connectivity index (χ0n) is 15.1. The standard InChI is InChI=1S/C22H17F3N2O/c1-28-18-10-7-15(8-11-18)14-27-20-12-9-17(22(23,24)25)13-19(20)26-21(27)16-5-3-2-4-6-16/h2-13H,14H2,1H3. The number of imidazole rings is 1. The molecule has 0 radical (unpaired) electrons. The number of benzene rings is 3. The highest BCUT2D eigenvalue weighted by Crippen LogP contribution is 2.33. The van der Waals surface area contributed by atoms with Crippen LogP contribution >= 0.6 is 0 Å². The first-order valence-electron chi connectivity index (χ1n) is 8.71. The molecule has 4 rings (SSSR count). The summed E-state index contributed by atoms with van der Waals surface area (Å²) in [4.78, 5) is 4.53. The first kappa shape index (κ1) is 18.1. The maximum Gasteiger partial charge on any atom is 0.416 e. The lowest BCUT2D eigenvalue weighted by molar-refractivity contribution is -0.137. The van der Waals surface area contributed by atoms with Crippen molar-refractivity contribution in [2.24, 2.45) is 0 Å². The van der Waals surface area contributed by atoms with Gasteiger partial charge in [0.2, 0.25) is 0 Å². The summed E-state index contributed by atoms with van der Waals surface area (Å²) in [6.45, 7) is 0.482. The van der Waals surface area contributed by atoms with E-state index in [4.69, 9.17) is 4.74 Å². The van der Waals surface area contributed by atoms with Gasteiger partial charge in [0, 0.05) is 12.1 Å². The molecule has 0 amide bonds. The van der Waals surface area contributed by atoms with Crippen molar-refractivity contribution in [3.8, 4) is 17.1 Å². The Bertz CT molecular complexity index is 1100. The Morgan fingerprint density at radius 3 is 2.29 bits per heavy atom. The minimum Gasteiger partial charge on any atom is -0.497 e. The minimum absolute atomic E-state index is 0.321. The van der Waals surface area contributed by atoms with Crippen LogP contribution in [0, 0.1) is 0 Å². The van der Waals surface area contributed by atoms with Gasteiger partial charge in [-0.15, -0.1) is 0 Å². The van der Waals surface area contributed by atoms with Crippen molar-refractivity contribution < 1.29 is 17.9 Å². The van der Waals surface area contributed by atoms with E-state index in [1.807, 2.05) is 59.2 Å². The van der Waals surface area contributed by atoms with Crippen LogP contribution in [-0.4, -0.2) is 16.7 Å². The lowest BCUT2D eigenvalue weighted by Crippen LogP contribution is -2.05. The summed E-state index contributed by atoms with van der Waals surface area (Å²) in [6, 6.07) is 20.7. The highest BCUT2D eigenvalue weighted by atomic mass is 19.4. The zero-order valence-corrected chi connectivity index (χ0v) is 15.1. The van der Waals surface area contributed by atoms with Crippen LogP contribution in [-0.2, 0) is 12.7 Å². The molecule has 0 aliphatic carbocycles. The number of aromatic nitrogens is 2. The Hall–Kier alpha value is -3.28. The van der Waals surface area contributed by atoms with Gasteiger partial charge in [-0.3, -0.25) is 0 Å². The highest BCUT2D eigenvalue weighted by molar-refractivity contribution is 5.81. The van der Waals surface area contributed by atoms with Crippen LogP contribution in [0.25, 0.3) is 22.4 Å². The summed E-state index contributed by atoms with van der Waals surface area (Å²) in [5.74, 6) is 1.38. The van der Waals surface area contributed by atoms with Crippen molar-refractivity contribution >= 4 is 11.0 Å². The summed E-state index contributed by atoms with van der Waals surface area (Å²) >= 11 is 0. The van der Waals surface area contributed by atoms with Gasteiger partial charge in [0.05, 0.1) is 23.7 Å². The molecule has 1 heterocycles. The van der Waals surface area contributed by atoms with Crippen molar-refractivity contribution in [3.63, 3.8) is 0 Å². The van der Waals surface area contributed by atoms with E-state index in [1.54, 1.807) is 7.11 Å². The van der Waals surface area contributed by atoms with E-state index >= 15 is 0 Å². The molecule has 0 bridgehead atoms. The first-order chi connectivity index (χ1) is 13.5. The summed E-state index contributed by atoms with van der Waals surface area (Å²) in [5.41, 5.74) is 2.12. The van der Waals surface area contributed by atoms with Gasteiger partial charge in [0.1, 0.15) is 11.6 Å². The Balaban J connectivity index is 1.85. The van der Waals surface area contributed by atoms with Gasteiger partial charge in [-0.05, 0) is 35.9 Å². The molecule has 3 aromatic carbocycles. The van der Waals surface area contributed by atoms with Crippen LogP contribution in [0.3, 0.4) is 0 Å². The third kappa shape index (κ3) is 3.45. The molecule has 0 unspecified atom stereocenters. The molecule has 3 nitrogen and oxygen atoms in total. The molecule has 0 spiro atoms. The number of hydrogen-bond donors (Lipinski definition) is 0. The monoisotopic (exact) mass is 382 g/mol. The third-order valence-corrected chi connectivity index (χ3v) is 4.61. The van der Waals surface area contributed by atoms with Crippen molar-refractivity contribution in [2.75, 3.05) is 7.11 Å². The summed E-state index contributed by atoms with van der Waals surface area (Å²) < 4.78 is 46.5. The van der Waals surface area contributed by atoms with Crippen LogP contribution in [0.2, 0.25) is 0 Å². The molecule has 0 atom stereocenters. The molecule has 4 aromatic rings. The van der Waals surface area contributed by atoms with Gasteiger partial charge >= 0.3 is 6.18 Å². The molecule has 0 N–H and O–H groups in total. The van der Waals surface area contributed by atoms with Crippen molar-refractivity contribution in [2.45, 2.75) is 12.7 Å². The summed E-state index contributed by atoms with van der Waals surface area (Å²) in [7, 11) is 1.60. The largest absolute Gasteiger partial charge is 0.497 e. The lowest BCUT2D eigenvalue weighted by Gasteiger charge is -2.11. The maximum absolute atomic E-state index is 13.1. The summed E-state index contributed by atoms with van der Waals surface area (Å²) in [6.07, 6.45) is -4.40. The first-order valence-corrected chi connectivity index (χ1v) is 8.71. The molecule has 0 saturated heterocycles. The topological polar surface area (TPSA) is 27.1 Å². The normalized spacial score (nSPS) is 11.7. The predicted octanol–water partition coefficient (Wildman–Crippen LogP) is 5.78. The van der Waals surface area contributed by atoms with Crippen molar-refractivity contribution in [3.05, 3.63) is 83.9 Å². The minimum atomic E-state index is -4.40. The second kappa shape index (κ2) is 7.03. The van der Waals surface area contributed by atoms with Gasteiger partial charge in [-0.1, -0.05) is 42.5 Å². The van der Waals surface area contributed by atoms with Gasteiger partial charge in [0.15, 0.2) is 0 Å². The number of hydrogen-bond acceptors (Lipinski definition) is 2. The molecule has 0 aliphatic heterocycles. The molecule has 6 heteroatoms. The third-order valence-electron chi connectivity index (χ3n) is 4.61. The smallest absolute Gasteiger partial charge is 0.416 e.